The first-order valence-corrected chi connectivity index (χ1v) is 6.32. The van der Waals surface area contributed by atoms with Crippen molar-refractivity contribution in [1.82, 2.24) is 5.32 Å². The standard InChI is InChI=1S/C13H17NO3S/c15-12(14-9-8-11(18)13(16)17)7-6-10-4-2-1-3-5-10/h1-5,11,18H,6-9H2,(H,14,15)(H,16,17). The van der Waals surface area contributed by atoms with Crippen LogP contribution in [0.4, 0.5) is 0 Å². The molecule has 0 aliphatic carbocycles. The molecule has 98 valence electrons. The molecule has 0 radical (unpaired) electrons. The van der Waals surface area contributed by atoms with Crippen molar-refractivity contribution in [1.29, 1.82) is 0 Å². The largest absolute Gasteiger partial charge is 0.480 e. The number of carboxylic acid groups (broad SMARTS) is 1. The minimum absolute atomic E-state index is 0.0650. The molecule has 1 aromatic rings. The van der Waals surface area contributed by atoms with Crippen molar-refractivity contribution in [2.75, 3.05) is 6.54 Å². The Labute approximate surface area is 112 Å². The summed E-state index contributed by atoms with van der Waals surface area (Å²) >= 11 is 3.89. The molecule has 0 bridgehead atoms. The van der Waals surface area contributed by atoms with Crippen molar-refractivity contribution < 1.29 is 14.7 Å². The van der Waals surface area contributed by atoms with Gasteiger partial charge in [-0.1, -0.05) is 30.3 Å². The third kappa shape index (κ3) is 5.72. The van der Waals surface area contributed by atoms with E-state index < -0.39 is 11.2 Å². The van der Waals surface area contributed by atoms with Crippen molar-refractivity contribution in [2.24, 2.45) is 0 Å². The lowest BCUT2D eigenvalue weighted by molar-refractivity contribution is -0.136. The Bertz CT molecular complexity index is 394. The molecule has 2 N–H and O–H groups in total. The lowest BCUT2D eigenvalue weighted by Gasteiger charge is -2.07. The Hall–Kier alpha value is -1.49. The fourth-order valence-electron chi connectivity index (χ4n) is 1.46. The summed E-state index contributed by atoms with van der Waals surface area (Å²) in [4.78, 5) is 22.0. The lowest BCUT2D eigenvalue weighted by Crippen LogP contribution is -2.28. The fraction of sp³-hybridized carbons (Fsp3) is 0.385. The first kappa shape index (κ1) is 14.6. The first-order chi connectivity index (χ1) is 8.59. The monoisotopic (exact) mass is 267 g/mol. The topological polar surface area (TPSA) is 66.4 Å². The van der Waals surface area contributed by atoms with E-state index >= 15 is 0 Å². The van der Waals surface area contributed by atoms with Gasteiger partial charge in [0, 0.05) is 13.0 Å². The fourth-order valence-corrected chi connectivity index (χ4v) is 1.59. The molecule has 18 heavy (non-hydrogen) atoms. The van der Waals surface area contributed by atoms with Gasteiger partial charge in [-0.25, -0.2) is 0 Å². The van der Waals surface area contributed by atoms with E-state index in [0.29, 0.717) is 25.8 Å². The van der Waals surface area contributed by atoms with E-state index in [-0.39, 0.29) is 5.91 Å². The van der Waals surface area contributed by atoms with Gasteiger partial charge < -0.3 is 10.4 Å². The molecule has 0 aliphatic rings. The molecule has 0 saturated carbocycles. The van der Waals surface area contributed by atoms with Crippen LogP contribution in [-0.2, 0) is 16.0 Å². The van der Waals surface area contributed by atoms with Crippen molar-refractivity contribution in [3.8, 4) is 0 Å². The zero-order chi connectivity index (χ0) is 13.4. The molecule has 1 atom stereocenters. The molecule has 0 heterocycles. The Morgan fingerprint density at radius 2 is 1.94 bits per heavy atom. The van der Waals surface area contributed by atoms with E-state index in [2.05, 4.69) is 17.9 Å². The second-order valence-corrected chi connectivity index (χ2v) is 4.60. The second-order valence-electron chi connectivity index (χ2n) is 3.98. The van der Waals surface area contributed by atoms with Crippen molar-refractivity contribution in [3.63, 3.8) is 0 Å². The summed E-state index contributed by atoms with van der Waals surface area (Å²) in [5.41, 5.74) is 1.12. The number of rotatable bonds is 7. The van der Waals surface area contributed by atoms with Crippen LogP contribution >= 0.6 is 12.6 Å². The zero-order valence-corrected chi connectivity index (χ0v) is 10.9. The molecule has 0 saturated heterocycles. The summed E-state index contributed by atoms with van der Waals surface area (Å²) in [5.74, 6) is -1.03. The number of nitrogens with one attached hydrogen (secondary N) is 1. The first-order valence-electron chi connectivity index (χ1n) is 5.81. The number of aryl methyl sites for hydroxylation is 1. The highest BCUT2D eigenvalue weighted by Crippen LogP contribution is 2.03. The number of carboxylic acids is 1. The molecule has 4 nitrogen and oxygen atoms in total. The van der Waals surface area contributed by atoms with Gasteiger partial charge in [0.1, 0.15) is 5.25 Å². The van der Waals surface area contributed by atoms with Crippen molar-refractivity contribution in [2.45, 2.75) is 24.5 Å². The van der Waals surface area contributed by atoms with Crippen molar-refractivity contribution in [3.05, 3.63) is 35.9 Å². The maximum atomic E-state index is 11.5. The summed E-state index contributed by atoms with van der Waals surface area (Å²) < 4.78 is 0. The van der Waals surface area contributed by atoms with E-state index in [0.717, 1.165) is 5.56 Å². The van der Waals surface area contributed by atoms with Crippen LogP contribution in [0.1, 0.15) is 18.4 Å². The highest BCUT2D eigenvalue weighted by Gasteiger charge is 2.11. The summed E-state index contributed by atoms with van der Waals surface area (Å²) in [6, 6.07) is 9.75. The zero-order valence-electron chi connectivity index (χ0n) is 10.0. The number of hydrogen-bond donors (Lipinski definition) is 3. The number of carbonyl (C=O) groups excluding carboxylic acids is 1. The normalized spacial score (nSPS) is 11.8. The Kier molecular flexibility index (Phi) is 6.28. The van der Waals surface area contributed by atoms with E-state index in [1.165, 1.54) is 0 Å². The van der Waals surface area contributed by atoms with Crippen LogP contribution in [0.5, 0.6) is 0 Å². The van der Waals surface area contributed by atoms with Gasteiger partial charge in [0.05, 0.1) is 0 Å². The van der Waals surface area contributed by atoms with Crippen LogP contribution in [0.15, 0.2) is 30.3 Å². The van der Waals surface area contributed by atoms with E-state index in [1.54, 1.807) is 0 Å². The molecule has 1 aromatic carbocycles. The highest BCUT2D eigenvalue weighted by atomic mass is 32.1. The molecule has 5 heteroatoms. The number of amides is 1. The van der Waals surface area contributed by atoms with Gasteiger partial charge in [0.25, 0.3) is 0 Å². The summed E-state index contributed by atoms with van der Waals surface area (Å²) in [5, 5.41) is 10.6. The van der Waals surface area contributed by atoms with Gasteiger partial charge in [-0.2, -0.15) is 12.6 Å². The maximum Gasteiger partial charge on any atom is 0.316 e. The Balaban J connectivity index is 2.17. The number of thiol groups is 1. The number of carbonyl (C=O) groups is 2. The van der Waals surface area contributed by atoms with Crippen molar-refractivity contribution >= 4 is 24.5 Å². The van der Waals surface area contributed by atoms with Crippen LogP contribution in [0, 0.1) is 0 Å². The Morgan fingerprint density at radius 1 is 1.28 bits per heavy atom. The number of hydrogen-bond acceptors (Lipinski definition) is 3. The summed E-state index contributed by atoms with van der Waals surface area (Å²) in [6.07, 6.45) is 1.43. The minimum atomic E-state index is -0.961. The summed E-state index contributed by atoms with van der Waals surface area (Å²) in [6.45, 7) is 0.341. The number of benzene rings is 1. The third-order valence-electron chi connectivity index (χ3n) is 2.51. The SMILES string of the molecule is O=C(CCc1ccccc1)NCCC(S)C(=O)O. The third-order valence-corrected chi connectivity index (χ3v) is 2.99. The molecular formula is C13H17NO3S. The predicted molar refractivity (Wildman–Crippen MR) is 72.8 cm³/mol. The Morgan fingerprint density at radius 3 is 2.56 bits per heavy atom. The van der Waals surface area contributed by atoms with Crippen LogP contribution in [-0.4, -0.2) is 28.8 Å². The minimum Gasteiger partial charge on any atom is -0.480 e. The average Bonchev–Trinajstić information content (AvgIpc) is 2.37. The van der Waals surface area contributed by atoms with E-state index in [1.807, 2.05) is 30.3 Å². The van der Waals surface area contributed by atoms with Gasteiger partial charge in [-0.05, 0) is 18.4 Å². The van der Waals surface area contributed by atoms with Gasteiger partial charge in [0.15, 0.2) is 0 Å². The smallest absolute Gasteiger partial charge is 0.316 e. The maximum absolute atomic E-state index is 11.5. The summed E-state index contributed by atoms with van der Waals surface area (Å²) in [7, 11) is 0. The predicted octanol–water partition coefficient (Wildman–Crippen LogP) is 1.51. The molecule has 0 aliphatic heterocycles. The van der Waals surface area contributed by atoms with Gasteiger partial charge in [-0.3, -0.25) is 9.59 Å². The molecule has 0 aromatic heterocycles. The quantitative estimate of drug-likeness (QED) is 0.656. The molecule has 1 amide bonds. The molecule has 0 spiro atoms. The molecule has 1 unspecified atom stereocenters. The van der Waals surface area contributed by atoms with E-state index in [4.69, 9.17) is 5.11 Å². The van der Waals surface area contributed by atoms with Gasteiger partial charge in [0.2, 0.25) is 5.91 Å². The highest BCUT2D eigenvalue weighted by molar-refractivity contribution is 7.81. The molecular weight excluding hydrogens is 250 g/mol. The van der Waals surface area contributed by atoms with Crippen LogP contribution in [0.25, 0.3) is 0 Å². The van der Waals surface area contributed by atoms with Crippen LogP contribution in [0.3, 0.4) is 0 Å². The molecule has 1 rings (SSSR count). The van der Waals surface area contributed by atoms with Crippen LogP contribution in [0.2, 0.25) is 0 Å². The lowest BCUT2D eigenvalue weighted by atomic mass is 10.1. The second kappa shape index (κ2) is 7.76. The van der Waals surface area contributed by atoms with E-state index in [9.17, 15) is 9.59 Å². The van der Waals surface area contributed by atoms with Gasteiger partial charge in [-0.15, -0.1) is 0 Å². The number of aliphatic carboxylic acids is 1. The average molecular weight is 267 g/mol. The van der Waals surface area contributed by atoms with Crippen LogP contribution < -0.4 is 5.32 Å². The van der Waals surface area contributed by atoms with Gasteiger partial charge >= 0.3 is 5.97 Å². The molecule has 0 fully saturated rings.